The van der Waals surface area contributed by atoms with Crippen molar-refractivity contribution in [3.8, 4) is 0 Å². The van der Waals surface area contributed by atoms with Crippen LogP contribution in [-0.2, 0) is 17.8 Å². The molecule has 6 heteroatoms. The second kappa shape index (κ2) is 9.19. The molecule has 1 aliphatic heterocycles. The SMILES string of the molecule is NC(=O)NCc1ccc(C(=O)N(Cc2ccccc2)CC2CCCO2)cc1. The Balaban J connectivity index is 1.71. The van der Waals surface area contributed by atoms with Crippen LogP contribution in [0.1, 0.15) is 34.3 Å². The van der Waals surface area contributed by atoms with Crippen LogP contribution in [0.2, 0.25) is 0 Å². The summed E-state index contributed by atoms with van der Waals surface area (Å²) in [6.45, 7) is 2.23. The second-order valence-corrected chi connectivity index (χ2v) is 6.72. The molecule has 3 amide bonds. The van der Waals surface area contributed by atoms with E-state index in [1.165, 1.54) is 0 Å². The van der Waals surface area contributed by atoms with Crippen LogP contribution in [0.4, 0.5) is 4.79 Å². The predicted octanol–water partition coefficient (Wildman–Crippen LogP) is 2.68. The van der Waals surface area contributed by atoms with E-state index in [4.69, 9.17) is 10.5 Å². The fourth-order valence-corrected chi connectivity index (χ4v) is 3.19. The highest BCUT2D eigenvalue weighted by molar-refractivity contribution is 5.94. The van der Waals surface area contributed by atoms with Gasteiger partial charge in [0.25, 0.3) is 5.91 Å². The van der Waals surface area contributed by atoms with Crippen LogP contribution in [0, 0.1) is 0 Å². The van der Waals surface area contributed by atoms with E-state index in [1.807, 2.05) is 47.4 Å². The van der Waals surface area contributed by atoms with Gasteiger partial charge in [0, 0.05) is 31.8 Å². The number of amides is 3. The molecule has 0 bridgehead atoms. The zero-order chi connectivity index (χ0) is 19.1. The zero-order valence-corrected chi connectivity index (χ0v) is 15.3. The Labute approximate surface area is 159 Å². The Hall–Kier alpha value is -2.86. The second-order valence-electron chi connectivity index (χ2n) is 6.72. The minimum atomic E-state index is -0.569. The molecule has 0 spiro atoms. The zero-order valence-electron chi connectivity index (χ0n) is 15.3. The lowest BCUT2D eigenvalue weighted by Gasteiger charge is -2.26. The van der Waals surface area contributed by atoms with E-state index in [2.05, 4.69) is 5.32 Å². The highest BCUT2D eigenvalue weighted by atomic mass is 16.5. The molecule has 1 fully saturated rings. The third kappa shape index (κ3) is 5.56. The topological polar surface area (TPSA) is 84.7 Å². The van der Waals surface area contributed by atoms with E-state index in [1.54, 1.807) is 12.1 Å². The van der Waals surface area contributed by atoms with E-state index in [9.17, 15) is 9.59 Å². The summed E-state index contributed by atoms with van der Waals surface area (Å²) >= 11 is 0. The molecule has 3 N–H and O–H groups in total. The van der Waals surface area contributed by atoms with E-state index in [-0.39, 0.29) is 12.0 Å². The summed E-state index contributed by atoms with van der Waals surface area (Å²) in [7, 11) is 0. The fourth-order valence-electron chi connectivity index (χ4n) is 3.19. The van der Waals surface area contributed by atoms with Gasteiger partial charge in [0.1, 0.15) is 0 Å². The van der Waals surface area contributed by atoms with Crippen LogP contribution < -0.4 is 11.1 Å². The fraction of sp³-hybridized carbons (Fsp3) is 0.333. The van der Waals surface area contributed by atoms with Crippen molar-refractivity contribution in [3.63, 3.8) is 0 Å². The molecule has 3 rings (SSSR count). The maximum absolute atomic E-state index is 13.1. The quantitative estimate of drug-likeness (QED) is 0.789. The predicted molar refractivity (Wildman–Crippen MR) is 103 cm³/mol. The van der Waals surface area contributed by atoms with Crippen molar-refractivity contribution in [2.24, 2.45) is 5.73 Å². The first-order valence-electron chi connectivity index (χ1n) is 9.19. The van der Waals surface area contributed by atoms with Gasteiger partial charge >= 0.3 is 6.03 Å². The number of hydrogen-bond donors (Lipinski definition) is 2. The number of urea groups is 1. The van der Waals surface area contributed by atoms with Crippen LogP contribution >= 0.6 is 0 Å². The number of nitrogens with two attached hydrogens (primary N) is 1. The van der Waals surface area contributed by atoms with Gasteiger partial charge in [0.15, 0.2) is 0 Å². The van der Waals surface area contributed by atoms with Gasteiger partial charge in [-0.3, -0.25) is 4.79 Å². The lowest BCUT2D eigenvalue weighted by atomic mass is 10.1. The molecular weight excluding hydrogens is 342 g/mol. The Morgan fingerprint density at radius 3 is 2.44 bits per heavy atom. The number of nitrogens with zero attached hydrogens (tertiary/aromatic N) is 1. The van der Waals surface area contributed by atoms with Crippen LogP contribution in [0.5, 0.6) is 0 Å². The van der Waals surface area contributed by atoms with E-state index >= 15 is 0 Å². The number of rotatable bonds is 7. The lowest BCUT2D eigenvalue weighted by molar-refractivity contribution is 0.0507. The van der Waals surface area contributed by atoms with Crippen molar-refractivity contribution in [1.82, 2.24) is 10.2 Å². The highest BCUT2D eigenvalue weighted by Gasteiger charge is 2.23. The molecule has 27 heavy (non-hydrogen) atoms. The molecule has 0 saturated carbocycles. The average Bonchev–Trinajstić information content (AvgIpc) is 3.20. The number of carbonyl (C=O) groups is 2. The molecule has 2 aromatic rings. The third-order valence-electron chi connectivity index (χ3n) is 4.62. The molecule has 142 valence electrons. The summed E-state index contributed by atoms with van der Waals surface area (Å²) in [4.78, 5) is 25.8. The van der Waals surface area contributed by atoms with Crippen molar-refractivity contribution in [3.05, 3.63) is 71.3 Å². The smallest absolute Gasteiger partial charge is 0.312 e. The molecule has 0 aromatic heterocycles. The summed E-state index contributed by atoms with van der Waals surface area (Å²) in [5.41, 5.74) is 7.68. The van der Waals surface area contributed by atoms with Gasteiger partial charge in [-0.25, -0.2) is 4.79 Å². The first kappa shape index (κ1) is 18.9. The highest BCUT2D eigenvalue weighted by Crippen LogP contribution is 2.17. The summed E-state index contributed by atoms with van der Waals surface area (Å²) in [5.74, 6) is -0.0243. The number of hydrogen-bond acceptors (Lipinski definition) is 3. The van der Waals surface area contributed by atoms with Crippen LogP contribution in [0.3, 0.4) is 0 Å². The van der Waals surface area contributed by atoms with Gasteiger partial charge in [-0.2, -0.15) is 0 Å². The molecule has 1 saturated heterocycles. The number of ether oxygens (including phenoxy) is 1. The third-order valence-corrected chi connectivity index (χ3v) is 4.62. The Morgan fingerprint density at radius 2 is 1.81 bits per heavy atom. The Kier molecular flexibility index (Phi) is 6.44. The van der Waals surface area contributed by atoms with Gasteiger partial charge in [0.05, 0.1) is 6.10 Å². The lowest BCUT2D eigenvalue weighted by Crippen LogP contribution is -2.37. The van der Waals surface area contributed by atoms with Gasteiger partial charge < -0.3 is 20.7 Å². The van der Waals surface area contributed by atoms with Gasteiger partial charge in [-0.1, -0.05) is 42.5 Å². The molecule has 2 aromatic carbocycles. The van der Waals surface area contributed by atoms with Gasteiger partial charge in [-0.05, 0) is 36.1 Å². The molecule has 0 radical (unpaired) electrons. The summed E-state index contributed by atoms with van der Waals surface area (Å²) in [6, 6.07) is 16.6. The van der Waals surface area contributed by atoms with Crippen molar-refractivity contribution in [1.29, 1.82) is 0 Å². The van der Waals surface area contributed by atoms with Crippen molar-refractivity contribution < 1.29 is 14.3 Å². The standard InChI is InChI=1S/C21H25N3O3/c22-21(26)23-13-16-8-10-18(11-9-16)20(25)24(15-19-7-4-12-27-19)14-17-5-2-1-3-6-17/h1-3,5-6,8-11,19H,4,7,12-15H2,(H3,22,23,26). The first-order valence-corrected chi connectivity index (χ1v) is 9.19. The molecule has 6 nitrogen and oxygen atoms in total. The monoisotopic (exact) mass is 367 g/mol. The van der Waals surface area contributed by atoms with Crippen molar-refractivity contribution in [2.45, 2.75) is 32.0 Å². The number of carbonyl (C=O) groups excluding carboxylic acids is 2. The van der Waals surface area contributed by atoms with Gasteiger partial charge in [-0.15, -0.1) is 0 Å². The molecule has 0 aliphatic carbocycles. The van der Waals surface area contributed by atoms with Crippen LogP contribution in [0.25, 0.3) is 0 Å². The summed E-state index contributed by atoms with van der Waals surface area (Å²) in [5, 5.41) is 2.54. The molecule has 1 aliphatic rings. The Morgan fingerprint density at radius 1 is 1.07 bits per heavy atom. The maximum atomic E-state index is 13.1. The van der Waals surface area contributed by atoms with Crippen LogP contribution in [0.15, 0.2) is 54.6 Å². The summed E-state index contributed by atoms with van der Waals surface area (Å²) < 4.78 is 5.73. The first-order chi connectivity index (χ1) is 13.1. The number of nitrogens with one attached hydrogen (secondary N) is 1. The van der Waals surface area contributed by atoms with Gasteiger partial charge in [0.2, 0.25) is 0 Å². The Bertz CT molecular complexity index is 756. The largest absolute Gasteiger partial charge is 0.376 e. The molecular formula is C21H25N3O3. The van der Waals surface area contributed by atoms with E-state index < -0.39 is 6.03 Å². The summed E-state index contributed by atoms with van der Waals surface area (Å²) in [6.07, 6.45) is 2.12. The van der Waals surface area contributed by atoms with Crippen LogP contribution in [-0.4, -0.2) is 36.1 Å². The molecule has 1 heterocycles. The van der Waals surface area contributed by atoms with Crippen molar-refractivity contribution in [2.75, 3.05) is 13.2 Å². The number of primary amides is 1. The molecule has 1 atom stereocenters. The maximum Gasteiger partial charge on any atom is 0.312 e. The minimum Gasteiger partial charge on any atom is -0.376 e. The number of benzene rings is 2. The van der Waals surface area contributed by atoms with E-state index in [0.717, 1.165) is 30.6 Å². The van der Waals surface area contributed by atoms with E-state index in [0.29, 0.717) is 25.2 Å². The average molecular weight is 367 g/mol. The van der Waals surface area contributed by atoms with Crippen molar-refractivity contribution >= 4 is 11.9 Å². The molecule has 1 unspecified atom stereocenters. The minimum absolute atomic E-state index is 0.0243. The normalized spacial score (nSPS) is 16.1.